The molecule has 0 spiro atoms. The van der Waals surface area contributed by atoms with Crippen LogP contribution in [-0.4, -0.2) is 51.9 Å². The van der Waals surface area contributed by atoms with Crippen LogP contribution in [0, 0.1) is 11.8 Å². The molecule has 3 N–H and O–H groups in total. The number of rotatable bonds is 6. The summed E-state index contributed by atoms with van der Waals surface area (Å²) in [5.41, 5.74) is 0. The fourth-order valence-corrected chi connectivity index (χ4v) is 3.03. The SMILES string of the molecule is O=C1CCC(CO)C1CSCC(O)CO. The predicted octanol–water partition coefficient (Wildman–Crippen LogP) is -0.340. The van der Waals surface area contributed by atoms with E-state index in [4.69, 9.17) is 15.3 Å². The third-order valence-electron chi connectivity index (χ3n) is 2.80. The summed E-state index contributed by atoms with van der Waals surface area (Å²) in [6.45, 7) is -0.172. The summed E-state index contributed by atoms with van der Waals surface area (Å²) in [5.74, 6) is 1.33. The molecule has 0 heterocycles. The van der Waals surface area contributed by atoms with Crippen molar-refractivity contribution >= 4 is 17.5 Å². The molecule has 3 atom stereocenters. The van der Waals surface area contributed by atoms with Crippen LogP contribution in [0.4, 0.5) is 0 Å². The van der Waals surface area contributed by atoms with E-state index in [2.05, 4.69) is 0 Å². The van der Waals surface area contributed by atoms with E-state index in [0.29, 0.717) is 17.9 Å². The van der Waals surface area contributed by atoms with Gasteiger partial charge >= 0.3 is 0 Å². The quantitative estimate of drug-likeness (QED) is 0.586. The molecule has 3 unspecified atom stereocenters. The molecule has 4 nitrogen and oxygen atoms in total. The van der Waals surface area contributed by atoms with Crippen molar-refractivity contribution in [1.82, 2.24) is 0 Å². The Labute approximate surface area is 93.7 Å². The van der Waals surface area contributed by atoms with E-state index >= 15 is 0 Å². The van der Waals surface area contributed by atoms with Gasteiger partial charge in [0.2, 0.25) is 0 Å². The normalized spacial score (nSPS) is 28.3. The van der Waals surface area contributed by atoms with Crippen molar-refractivity contribution in [3.05, 3.63) is 0 Å². The summed E-state index contributed by atoms with van der Waals surface area (Å²) in [4.78, 5) is 11.5. The lowest BCUT2D eigenvalue weighted by Crippen LogP contribution is -2.22. The average Bonchev–Trinajstić information content (AvgIpc) is 2.60. The van der Waals surface area contributed by atoms with Crippen LogP contribution in [0.1, 0.15) is 12.8 Å². The van der Waals surface area contributed by atoms with Crippen molar-refractivity contribution in [1.29, 1.82) is 0 Å². The summed E-state index contributed by atoms with van der Waals surface area (Å²) in [5, 5.41) is 26.8. The summed E-state index contributed by atoms with van der Waals surface area (Å²) in [6, 6.07) is 0. The van der Waals surface area contributed by atoms with Gasteiger partial charge in [-0.15, -0.1) is 0 Å². The Kier molecular flexibility index (Phi) is 5.60. The largest absolute Gasteiger partial charge is 0.396 e. The molecule has 15 heavy (non-hydrogen) atoms. The van der Waals surface area contributed by atoms with E-state index in [1.54, 1.807) is 0 Å². The van der Waals surface area contributed by atoms with Crippen LogP contribution < -0.4 is 0 Å². The van der Waals surface area contributed by atoms with Crippen LogP contribution in [0.15, 0.2) is 0 Å². The van der Waals surface area contributed by atoms with Gasteiger partial charge in [-0.25, -0.2) is 0 Å². The lowest BCUT2D eigenvalue weighted by molar-refractivity contribution is -0.120. The Balaban J connectivity index is 2.27. The van der Waals surface area contributed by atoms with Crippen molar-refractivity contribution in [3.63, 3.8) is 0 Å². The first kappa shape index (κ1) is 13.0. The van der Waals surface area contributed by atoms with E-state index in [9.17, 15) is 4.79 Å². The minimum Gasteiger partial charge on any atom is -0.396 e. The van der Waals surface area contributed by atoms with Gasteiger partial charge in [-0.2, -0.15) is 11.8 Å². The van der Waals surface area contributed by atoms with E-state index in [0.717, 1.165) is 6.42 Å². The topological polar surface area (TPSA) is 77.8 Å². The number of carbonyl (C=O) groups is 1. The molecule has 0 saturated heterocycles. The Morgan fingerprint density at radius 1 is 1.47 bits per heavy atom. The lowest BCUT2D eigenvalue weighted by atomic mass is 9.99. The van der Waals surface area contributed by atoms with Gasteiger partial charge in [0, 0.05) is 30.5 Å². The Bertz CT molecular complexity index is 210. The van der Waals surface area contributed by atoms with Gasteiger partial charge in [0.05, 0.1) is 12.7 Å². The van der Waals surface area contributed by atoms with Gasteiger partial charge in [-0.3, -0.25) is 4.79 Å². The second-order valence-corrected chi connectivity index (χ2v) is 5.00. The molecule has 0 aromatic rings. The number of aliphatic hydroxyl groups is 3. The van der Waals surface area contributed by atoms with Crippen molar-refractivity contribution in [2.75, 3.05) is 24.7 Å². The minimum atomic E-state index is -0.709. The molecule has 1 fully saturated rings. The van der Waals surface area contributed by atoms with Gasteiger partial charge < -0.3 is 15.3 Å². The Hall–Kier alpha value is -0.100. The molecule has 1 aliphatic rings. The highest BCUT2D eigenvalue weighted by molar-refractivity contribution is 7.99. The molecule has 0 bridgehead atoms. The number of ketones is 1. The zero-order valence-corrected chi connectivity index (χ0v) is 9.45. The molecule has 1 saturated carbocycles. The van der Waals surface area contributed by atoms with Crippen molar-refractivity contribution in [2.24, 2.45) is 11.8 Å². The van der Waals surface area contributed by atoms with Gasteiger partial charge in [0.25, 0.3) is 0 Å². The van der Waals surface area contributed by atoms with Crippen LogP contribution in [0.3, 0.4) is 0 Å². The van der Waals surface area contributed by atoms with Gasteiger partial charge in [-0.05, 0) is 12.3 Å². The van der Waals surface area contributed by atoms with Gasteiger partial charge in [0.1, 0.15) is 5.78 Å². The smallest absolute Gasteiger partial charge is 0.137 e. The van der Waals surface area contributed by atoms with E-state index in [-0.39, 0.29) is 30.8 Å². The zero-order valence-electron chi connectivity index (χ0n) is 8.63. The van der Waals surface area contributed by atoms with Gasteiger partial charge in [-0.1, -0.05) is 0 Å². The maximum absolute atomic E-state index is 11.5. The Morgan fingerprint density at radius 2 is 2.20 bits per heavy atom. The molecule has 0 radical (unpaired) electrons. The highest BCUT2D eigenvalue weighted by Gasteiger charge is 2.33. The summed E-state index contributed by atoms with van der Waals surface area (Å²) in [7, 11) is 0. The third kappa shape index (κ3) is 3.75. The maximum Gasteiger partial charge on any atom is 0.137 e. The first-order chi connectivity index (χ1) is 7.19. The number of hydrogen-bond acceptors (Lipinski definition) is 5. The fourth-order valence-electron chi connectivity index (χ4n) is 1.81. The first-order valence-electron chi connectivity index (χ1n) is 5.19. The van der Waals surface area contributed by atoms with Crippen LogP contribution in [0.2, 0.25) is 0 Å². The molecule has 1 aliphatic carbocycles. The number of carbonyl (C=O) groups excluding carboxylic acids is 1. The summed E-state index contributed by atoms with van der Waals surface area (Å²) >= 11 is 1.46. The van der Waals surface area contributed by atoms with E-state index < -0.39 is 6.10 Å². The molecule has 0 aromatic heterocycles. The van der Waals surface area contributed by atoms with E-state index in [1.165, 1.54) is 11.8 Å². The van der Waals surface area contributed by atoms with E-state index in [1.807, 2.05) is 0 Å². The third-order valence-corrected chi connectivity index (χ3v) is 4.01. The van der Waals surface area contributed by atoms with Gasteiger partial charge in [0.15, 0.2) is 0 Å². The monoisotopic (exact) mass is 234 g/mol. The molecule has 0 aliphatic heterocycles. The highest BCUT2D eigenvalue weighted by Crippen LogP contribution is 2.31. The lowest BCUT2D eigenvalue weighted by Gasteiger charge is -2.16. The Morgan fingerprint density at radius 3 is 2.80 bits per heavy atom. The average molecular weight is 234 g/mol. The molecule has 1 rings (SSSR count). The molecule has 5 heteroatoms. The molecule has 0 aromatic carbocycles. The second-order valence-electron chi connectivity index (χ2n) is 3.93. The highest BCUT2D eigenvalue weighted by atomic mass is 32.2. The number of hydrogen-bond donors (Lipinski definition) is 3. The van der Waals surface area contributed by atoms with Crippen molar-refractivity contribution in [2.45, 2.75) is 18.9 Å². The molecule has 0 amide bonds. The van der Waals surface area contributed by atoms with Crippen LogP contribution >= 0.6 is 11.8 Å². The fraction of sp³-hybridized carbons (Fsp3) is 0.900. The van der Waals surface area contributed by atoms with Crippen LogP contribution in [0.25, 0.3) is 0 Å². The molecule has 88 valence electrons. The minimum absolute atomic E-state index is 0.0640. The maximum atomic E-state index is 11.5. The number of aliphatic hydroxyl groups excluding tert-OH is 3. The number of Topliss-reactive ketones (excluding diaryl/α,β-unsaturated/α-hetero) is 1. The summed E-state index contributed by atoms with van der Waals surface area (Å²) in [6.07, 6.45) is 0.640. The zero-order chi connectivity index (χ0) is 11.3. The molecular weight excluding hydrogens is 216 g/mol. The predicted molar refractivity (Wildman–Crippen MR) is 58.7 cm³/mol. The standard InChI is InChI=1S/C10H18O4S/c11-3-7-1-2-10(14)9(7)6-15-5-8(13)4-12/h7-9,11-13H,1-6H2. The van der Waals surface area contributed by atoms with Crippen LogP contribution in [0.5, 0.6) is 0 Å². The summed E-state index contributed by atoms with van der Waals surface area (Å²) < 4.78 is 0. The number of thioether (sulfide) groups is 1. The van der Waals surface area contributed by atoms with Crippen molar-refractivity contribution < 1.29 is 20.1 Å². The second kappa shape index (κ2) is 6.48. The van der Waals surface area contributed by atoms with Crippen molar-refractivity contribution in [3.8, 4) is 0 Å². The first-order valence-corrected chi connectivity index (χ1v) is 6.34. The van der Waals surface area contributed by atoms with Crippen LogP contribution in [-0.2, 0) is 4.79 Å². The molecular formula is C10H18O4S.